The summed E-state index contributed by atoms with van der Waals surface area (Å²) < 4.78 is 2.21. The number of rotatable bonds is 4. The van der Waals surface area contributed by atoms with Gasteiger partial charge in [0, 0.05) is 22.3 Å². The zero-order valence-electron chi connectivity index (χ0n) is 13.3. The number of benzene rings is 2. The van der Waals surface area contributed by atoms with E-state index in [1.165, 1.54) is 0 Å². The largest absolute Gasteiger partial charge is 0.340 e. The molecule has 3 nitrogen and oxygen atoms in total. The van der Waals surface area contributed by atoms with E-state index in [4.69, 9.17) is 11.6 Å². The Morgan fingerprint density at radius 1 is 1.04 bits per heavy atom. The van der Waals surface area contributed by atoms with Crippen LogP contribution in [0.1, 0.15) is 6.42 Å². The van der Waals surface area contributed by atoms with Crippen molar-refractivity contribution in [2.75, 3.05) is 20.6 Å². The molecular weight excluding hydrogens is 331 g/mol. The van der Waals surface area contributed by atoms with Gasteiger partial charge in [0.15, 0.2) is 5.43 Å². The molecule has 1 heterocycles. The van der Waals surface area contributed by atoms with Crippen molar-refractivity contribution in [3.8, 4) is 0 Å². The van der Waals surface area contributed by atoms with Crippen molar-refractivity contribution in [3.05, 3.63) is 57.7 Å². The highest BCUT2D eigenvalue weighted by atomic mass is 35.5. The van der Waals surface area contributed by atoms with Crippen molar-refractivity contribution in [3.63, 3.8) is 0 Å². The molecule has 0 radical (unpaired) electrons. The normalized spacial score (nSPS) is 11.1. The number of para-hydroxylation sites is 1. The van der Waals surface area contributed by atoms with Crippen LogP contribution < -0.4 is 5.43 Å². The predicted octanol–water partition coefficient (Wildman–Crippen LogP) is 4.18. The Bertz CT molecular complexity index is 887. The van der Waals surface area contributed by atoms with Gasteiger partial charge < -0.3 is 9.47 Å². The Morgan fingerprint density at radius 3 is 2.48 bits per heavy atom. The van der Waals surface area contributed by atoms with Crippen LogP contribution in [0.25, 0.3) is 21.8 Å². The zero-order chi connectivity index (χ0) is 15.7. The molecule has 0 atom stereocenters. The number of halogens is 2. The van der Waals surface area contributed by atoms with Crippen LogP contribution in [0.5, 0.6) is 0 Å². The van der Waals surface area contributed by atoms with Gasteiger partial charge in [-0.2, -0.15) is 0 Å². The molecule has 2 aromatic carbocycles. The first-order valence-corrected chi connectivity index (χ1v) is 7.81. The SMILES string of the molecule is CN(C)CCCn1c2ccccc2c(=O)c2ccc(Cl)cc21.Cl. The summed E-state index contributed by atoms with van der Waals surface area (Å²) in [5, 5.41) is 2.15. The van der Waals surface area contributed by atoms with Gasteiger partial charge in [0.05, 0.1) is 11.0 Å². The van der Waals surface area contributed by atoms with Crippen LogP contribution in [-0.2, 0) is 6.54 Å². The van der Waals surface area contributed by atoms with Crippen molar-refractivity contribution >= 4 is 45.8 Å². The highest BCUT2D eigenvalue weighted by molar-refractivity contribution is 6.31. The molecule has 3 aromatic rings. The van der Waals surface area contributed by atoms with Crippen LogP contribution in [0.15, 0.2) is 47.3 Å². The minimum Gasteiger partial charge on any atom is -0.340 e. The van der Waals surface area contributed by atoms with E-state index < -0.39 is 0 Å². The maximum atomic E-state index is 12.7. The molecule has 0 bridgehead atoms. The summed E-state index contributed by atoms with van der Waals surface area (Å²) in [6.07, 6.45) is 1.02. The third-order valence-electron chi connectivity index (χ3n) is 3.92. The van der Waals surface area contributed by atoms with Crippen LogP contribution in [0.3, 0.4) is 0 Å². The van der Waals surface area contributed by atoms with Gasteiger partial charge >= 0.3 is 0 Å². The van der Waals surface area contributed by atoms with Crippen molar-refractivity contribution in [2.45, 2.75) is 13.0 Å². The van der Waals surface area contributed by atoms with Crippen molar-refractivity contribution < 1.29 is 0 Å². The second kappa shape index (κ2) is 7.35. The molecule has 0 aliphatic rings. The summed E-state index contributed by atoms with van der Waals surface area (Å²) in [7, 11) is 4.14. The summed E-state index contributed by atoms with van der Waals surface area (Å²) in [6, 6.07) is 13.3. The van der Waals surface area contributed by atoms with Gasteiger partial charge in [0.25, 0.3) is 0 Å². The van der Waals surface area contributed by atoms with E-state index in [0.29, 0.717) is 5.02 Å². The minimum atomic E-state index is 0. The van der Waals surface area contributed by atoms with Crippen molar-refractivity contribution in [1.82, 2.24) is 9.47 Å². The lowest BCUT2D eigenvalue weighted by Crippen LogP contribution is -2.17. The molecule has 0 fully saturated rings. The number of aryl methyl sites for hydroxylation is 1. The molecule has 0 unspecified atom stereocenters. The van der Waals surface area contributed by atoms with Gasteiger partial charge in [0.1, 0.15) is 0 Å². The van der Waals surface area contributed by atoms with E-state index in [9.17, 15) is 4.79 Å². The Morgan fingerprint density at radius 2 is 1.74 bits per heavy atom. The molecular formula is C18H20Cl2N2O. The van der Waals surface area contributed by atoms with Crippen LogP contribution in [0.4, 0.5) is 0 Å². The van der Waals surface area contributed by atoms with Crippen molar-refractivity contribution in [1.29, 1.82) is 0 Å². The highest BCUT2D eigenvalue weighted by Gasteiger charge is 2.10. The Labute approximate surface area is 146 Å². The van der Waals surface area contributed by atoms with Gasteiger partial charge in [-0.3, -0.25) is 4.79 Å². The zero-order valence-corrected chi connectivity index (χ0v) is 14.8. The van der Waals surface area contributed by atoms with E-state index >= 15 is 0 Å². The van der Waals surface area contributed by atoms with E-state index in [2.05, 4.69) is 23.6 Å². The molecule has 0 N–H and O–H groups in total. The monoisotopic (exact) mass is 350 g/mol. The minimum absolute atomic E-state index is 0. The lowest BCUT2D eigenvalue weighted by atomic mass is 10.1. The van der Waals surface area contributed by atoms with Crippen LogP contribution >= 0.6 is 24.0 Å². The maximum Gasteiger partial charge on any atom is 0.197 e. The lowest BCUT2D eigenvalue weighted by Gasteiger charge is -2.16. The van der Waals surface area contributed by atoms with E-state index in [0.717, 1.165) is 41.3 Å². The Balaban J connectivity index is 0.00000192. The van der Waals surface area contributed by atoms with Crippen LogP contribution in [0.2, 0.25) is 5.02 Å². The molecule has 5 heteroatoms. The molecule has 0 spiro atoms. The maximum absolute atomic E-state index is 12.7. The van der Waals surface area contributed by atoms with Gasteiger partial charge in [-0.25, -0.2) is 0 Å². The van der Waals surface area contributed by atoms with Gasteiger partial charge in [-0.05, 0) is 57.4 Å². The second-order valence-electron chi connectivity index (χ2n) is 5.82. The molecule has 1 aromatic heterocycles. The molecule has 0 amide bonds. The molecule has 0 saturated heterocycles. The van der Waals surface area contributed by atoms with Crippen LogP contribution in [-0.4, -0.2) is 30.1 Å². The topological polar surface area (TPSA) is 25.2 Å². The number of hydrogen-bond acceptors (Lipinski definition) is 2. The molecule has 0 aliphatic heterocycles. The van der Waals surface area contributed by atoms with E-state index in [-0.39, 0.29) is 17.8 Å². The van der Waals surface area contributed by atoms with Gasteiger partial charge in [0.2, 0.25) is 0 Å². The van der Waals surface area contributed by atoms with Crippen molar-refractivity contribution in [2.24, 2.45) is 0 Å². The quantitative estimate of drug-likeness (QED) is 0.659. The molecule has 0 aliphatic carbocycles. The second-order valence-corrected chi connectivity index (χ2v) is 6.25. The molecule has 23 heavy (non-hydrogen) atoms. The number of nitrogens with zero attached hydrogens (tertiary/aromatic N) is 2. The lowest BCUT2D eigenvalue weighted by molar-refractivity contribution is 0.389. The predicted molar refractivity (Wildman–Crippen MR) is 101 cm³/mol. The number of pyridine rings is 1. The third kappa shape index (κ3) is 3.52. The smallest absolute Gasteiger partial charge is 0.197 e. The molecule has 122 valence electrons. The molecule has 0 saturated carbocycles. The van der Waals surface area contributed by atoms with Crippen LogP contribution in [0, 0.1) is 0 Å². The summed E-state index contributed by atoms with van der Waals surface area (Å²) in [6.45, 7) is 1.86. The average Bonchev–Trinajstić information content (AvgIpc) is 2.50. The van der Waals surface area contributed by atoms with E-state index in [1.807, 2.05) is 36.4 Å². The summed E-state index contributed by atoms with van der Waals surface area (Å²) in [5.74, 6) is 0. The standard InChI is InChI=1S/C18H19ClN2O.ClH/c1-20(2)10-5-11-21-16-7-4-3-6-14(16)18(22)15-9-8-13(19)12-17(15)21;/h3-4,6-9,12H,5,10-11H2,1-2H3;1H. The number of aromatic nitrogens is 1. The highest BCUT2D eigenvalue weighted by Crippen LogP contribution is 2.22. The third-order valence-corrected chi connectivity index (χ3v) is 4.16. The van der Waals surface area contributed by atoms with Gasteiger partial charge in [-0.1, -0.05) is 23.7 Å². The summed E-state index contributed by atoms with van der Waals surface area (Å²) in [5.41, 5.74) is 1.96. The van der Waals surface area contributed by atoms with Gasteiger partial charge in [-0.15, -0.1) is 12.4 Å². The first-order valence-electron chi connectivity index (χ1n) is 7.43. The van der Waals surface area contributed by atoms with E-state index in [1.54, 1.807) is 6.07 Å². The summed E-state index contributed by atoms with van der Waals surface area (Å²) >= 11 is 6.16. The fourth-order valence-corrected chi connectivity index (χ4v) is 3.05. The Kier molecular flexibility index (Phi) is 5.69. The fourth-order valence-electron chi connectivity index (χ4n) is 2.88. The molecule has 3 rings (SSSR count). The summed E-state index contributed by atoms with van der Waals surface area (Å²) in [4.78, 5) is 14.8. The number of fused-ring (bicyclic) bond motifs is 2. The average molecular weight is 351 g/mol. The first kappa shape index (κ1) is 17.8. The Hall–Kier alpha value is -1.55. The fraction of sp³-hybridized carbons (Fsp3) is 0.278. The first-order chi connectivity index (χ1) is 10.6. The number of hydrogen-bond donors (Lipinski definition) is 0.